The van der Waals surface area contributed by atoms with E-state index in [1.807, 2.05) is 6.07 Å². The number of hydrogen-bond acceptors (Lipinski definition) is 5. The number of hydrogen-bond donors (Lipinski definition) is 1. The zero-order valence-corrected chi connectivity index (χ0v) is 8.93. The summed E-state index contributed by atoms with van der Waals surface area (Å²) in [5.74, 6) is 0.951. The minimum absolute atomic E-state index is 0.895. The standard InChI is InChI=1S/C11H13N5/c1-2-15-11(16-7-5-12-6-8-16)10-9(1)13-3-4-14-10/h1-4,12H,5-8H2. The molecule has 0 spiro atoms. The molecule has 2 aromatic rings. The second kappa shape index (κ2) is 4.02. The molecule has 5 heteroatoms. The summed E-state index contributed by atoms with van der Waals surface area (Å²) in [4.78, 5) is 15.3. The number of rotatable bonds is 1. The van der Waals surface area contributed by atoms with E-state index in [-0.39, 0.29) is 0 Å². The Morgan fingerprint density at radius 1 is 1.00 bits per heavy atom. The maximum atomic E-state index is 4.43. The van der Waals surface area contributed by atoms with Gasteiger partial charge in [0.05, 0.1) is 5.52 Å². The second-order valence-electron chi connectivity index (χ2n) is 3.80. The molecule has 0 unspecified atom stereocenters. The van der Waals surface area contributed by atoms with Gasteiger partial charge in [-0.15, -0.1) is 0 Å². The minimum atomic E-state index is 0.895. The fraction of sp³-hybridized carbons (Fsp3) is 0.364. The number of nitrogens with one attached hydrogen (secondary N) is 1. The second-order valence-corrected chi connectivity index (χ2v) is 3.80. The third-order valence-electron chi connectivity index (χ3n) is 2.78. The zero-order valence-electron chi connectivity index (χ0n) is 8.93. The van der Waals surface area contributed by atoms with Crippen LogP contribution in [-0.2, 0) is 0 Å². The Kier molecular flexibility index (Phi) is 2.38. The summed E-state index contributed by atoms with van der Waals surface area (Å²) < 4.78 is 0. The van der Waals surface area contributed by atoms with E-state index in [0.29, 0.717) is 0 Å². The first-order valence-corrected chi connectivity index (χ1v) is 5.46. The predicted octanol–water partition coefficient (Wildman–Crippen LogP) is 0.434. The van der Waals surface area contributed by atoms with Gasteiger partial charge in [0.2, 0.25) is 0 Å². The molecule has 0 atom stereocenters. The van der Waals surface area contributed by atoms with Crippen molar-refractivity contribution in [3.05, 3.63) is 24.7 Å². The van der Waals surface area contributed by atoms with Crippen LogP contribution in [0.3, 0.4) is 0 Å². The molecule has 5 nitrogen and oxygen atoms in total. The Balaban J connectivity index is 2.08. The molecule has 1 saturated heterocycles. The average molecular weight is 215 g/mol. The van der Waals surface area contributed by atoms with Crippen LogP contribution in [0.2, 0.25) is 0 Å². The molecule has 0 amide bonds. The Bertz CT molecular complexity index is 487. The summed E-state index contributed by atoms with van der Waals surface area (Å²) in [5, 5.41) is 3.33. The van der Waals surface area contributed by atoms with Crippen molar-refractivity contribution in [2.24, 2.45) is 0 Å². The van der Waals surface area contributed by atoms with Gasteiger partial charge in [0, 0.05) is 44.8 Å². The van der Waals surface area contributed by atoms with Crippen LogP contribution in [0.25, 0.3) is 11.0 Å². The van der Waals surface area contributed by atoms with Crippen LogP contribution in [0.15, 0.2) is 24.7 Å². The fourth-order valence-electron chi connectivity index (χ4n) is 1.99. The summed E-state index contributed by atoms with van der Waals surface area (Å²) in [6.07, 6.45) is 5.23. The van der Waals surface area contributed by atoms with Gasteiger partial charge in [-0.25, -0.2) is 9.97 Å². The molecule has 1 aliphatic rings. The first-order chi connectivity index (χ1) is 7.95. The third kappa shape index (κ3) is 1.59. The summed E-state index contributed by atoms with van der Waals surface area (Å²) in [6.45, 7) is 3.95. The summed E-state index contributed by atoms with van der Waals surface area (Å²) in [7, 11) is 0. The topological polar surface area (TPSA) is 53.9 Å². The van der Waals surface area contributed by atoms with Crippen molar-refractivity contribution >= 4 is 16.9 Å². The van der Waals surface area contributed by atoms with E-state index >= 15 is 0 Å². The molecule has 82 valence electrons. The molecule has 0 aliphatic carbocycles. The lowest BCUT2D eigenvalue weighted by molar-refractivity contribution is 0.586. The van der Waals surface area contributed by atoms with E-state index in [2.05, 4.69) is 25.2 Å². The van der Waals surface area contributed by atoms with Crippen LogP contribution in [0.1, 0.15) is 0 Å². The van der Waals surface area contributed by atoms with Gasteiger partial charge < -0.3 is 10.2 Å². The summed E-state index contributed by atoms with van der Waals surface area (Å²) in [6, 6.07) is 1.90. The first-order valence-electron chi connectivity index (χ1n) is 5.46. The number of fused-ring (bicyclic) bond motifs is 1. The van der Waals surface area contributed by atoms with Crippen molar-refractivity contribution in [2.45, 2.75) is 0 Å². The van der Waals surface area contributed by atoms with Gasteiger partial charge in [-0.2, -0.15) is 0 Å². The van der Waals surface area contributed by atoms with E-state index in [0.717, 1.165) is 43.0 Å². The lowest BCUT2D eigenvalue weighted by atomic mass is 10.3. The largest absolute Gasteiger partial charge is 0.352 e. The van der Waals surface area contributed by atoms with Crippen molar-refractivity contribution < 1.29 is 0 Å². The molecule has 0 radical (unpaired) electrons. The zero-order chi connectivity index (χ0) is 10.8. The normalized spacial score (nSPS) is 16.6. The molecule has 0 saturated carbocycles. The molecular formula is C11H13N5. The summed E-state index contributed by atoms with van der Waals surface area (Å²) in [5.41, 5.74) is 1.80. The van der Waals surface area contributed by atoms with Gasteiger partial charge in [0.15, 0.2) is 5.82 Å². The van der Waals surface area contributed by atoms with E-state index in [4.69, 9.17) is 0 Å². The van der Waals surface area contributed by atoms with Crippen LogP contribution in [0.4, 0.5) is 5.82 Å². The van der Waals surface area contributed by atoms with Crippen molar-refractivity contribution in [1.82, 2.24) is 20.3 Å². The lowest BCUT2D eigenvalue weighted by Crippen LogP contribution is -2.44. The van der Waals surface area contributed by atoms with Crippen molar-refractivity contribution in [3.63, 3.8) is 0 Å². The monoisotopic (exact) mass is 215 g/mol. The highest BCUT2D eigenvalue weighted by Crippen LogP contribution is 2.20. The molecule has 1 fully saturated rings. The first kappa shape index (κ1) is 9.47. The maximum Gasteiger partial charge on any atom is 0.156 e. The SMILES string of the molecule is c1cc2nccnc2c(N2CCNCC2)n1. The predicted molar refractivity (Wildman–Crippen MR) is 62.4 cm³/mol. The van der Waals surface area contributed by atoms with Crippen molar-refractivity contribution in [2.75, 3.05) is 31.1 Å². The van der Waals surface area contributed by atoms with Gasteiger partial charge in [-0.05, 0) is 6.07 Å². The van der Waals surface area contributed by atoms with Gasteiger partial charge in [-0.3, -0.25) is 4.98 Å². The molecule has 0 aromatic carbocycles. The number of anilines is 1. The molecule has 1 N–H and O–H groups in total. The van der Waals surface area contributed by atoms with Crippen molar-refractivity contribution in [1.29, 1.82) is 0 Å². The summed E-state index contributed by atoms with van der Waals surface area (Å²) >= 11 is 0. The van der Waals surface area contributed by atoms with Gasteiger partial charge in [0.1, 0.15) is 5.52 Å². The van der Waals surface area contributed by atoms with Crippen LogP contribution in [0, 0.1) is 0 Å². The molecule has 0 bridgehead atoms. The highest BCUT2D eigenvalue weighted by Gasteiger charge is 2.15. The smallest absolute Gasteiger partial charge is 0.156 e. The van der Waals surface area contributed by atoms with E-state index in [1.54, 1.807) is 18.6 Å². The molecule has 1 aliphatic heterocycles. The van der Waals surface area contributed by atoms with E-state index < -0.39 is 0 Å². The molecule has 3 heterocycles. The quantitative estimate of drug-likeness (QED) is 0.748. The maximum absolute atomic E-state index is 4.43. The van der Waals surface area contributed by atoms with Crippen LogP contribution in [-0.4, -0.2) is 41.1 Å². The average Bonchev–Trinajstić information content (AvgIpc) is 2.39. The van der Waals surface area contributed by atoms with Crippen molar-refractivity contribution in [3.8, 4) is 0 Å². The van der Waals surface area contributed by atoms with E-state index in [1.165, 1.54) is 0 Å². The van der Waals surface area contributed by atoms with Crippen LogP contribution < -0.4 is 10.2 Å². The highest BCUT2D eigenvalue weighted by atomic mass is 15.2. The molecule has 3 rings (SSSR count). The number of aromatic nitrogens is 3. The minimum Gasteiger partial charge on any atom is -0.352 e. The fourth-order valence-corrected chi connectivity index (χ4v) is 1.99. The Morgan fingerprint density at radius 3 is 2.69 bits per heavy atom. The molecular weight excluding hydrogens is 202 g/mol. The van der Waals surface area contributed by atoms with Gasteiger partial charge >= 0.3 is 0 Å². The Morgan fingerprint density at radius 2 is 1.81 bits per heavy atom. The third-order valence-corrected chi connectivity index (χ3v) is 2.78. The van der Waals surface area contributed by atoms with E-state index in [9.17, 15) is 0 Å². The Hall–Kier alpha value is -1.75. The number of pyridine rings is 1. The van der Waals surface area contributed by atoms with Crippen LogP contribution in [0.5, 0.6) is 0 Å². The van der Waals surface area contributed by atoms with Crippen LogP contribution >= 0.6 is 0 Å². The van der Waals surface area contributed by atoms with Gasteiger partial charge in [-0.1, -0.05) is 0 Å². The molecule has 16 heavy (non-hydrogen) atoms. The lowest BCUT2D eigenvalue weighted by Gasteiger charge is -2.28. The number of nitrogens with zero attached hydrogens (tertiary/aromatic N) is 4. The van der Waals surface area contributed by atoms with Gasteiger partial charge in [0.25, 0.3) is 0 Å². The Labute approximate surface area is 93.5 Å². The molecule has 2 aromatic heterocycles. The number of piperazine rings is 1. The highest BCUT2D eigenvalue weighted by molar-refractivity contribution is 5.85.